The van der Waals surface area contributed by atoms with Crippen LogP contribution in [0, 0.1) is 0 Å². The van der Waals surface area contributed by atoms with Crippen molar-refractivity contribution in [2.75, 3.05) is 39.3 Å². The molecule has 0 aliphatic carbocycles. The summed E-state index contributed by atoms with van der Waals surface area (Å²) in [6.45, 7) is 0.562. The molecule has 2 aromatic rings. The van der Waals surface area contributed by atoms with Crippen molar-refractivity contribution in [3.63, 3.8) is 0 Å². The Hall–Kier alpha value is -2.53. The number of carbonyl (C=O) groups excluding carboxylic acids is 1. The molecule has 0 aliphatic heterocycles. The topological polar surface area (TPSA) is 53.0 Å². The molecule has 0 atom stereocenters. The van der Waals surface area contributed by atoms with E-state index in [1.165, 1.54) is 0 Å². The van der Waals surface area contributed by atoms with Crippen molar-refractivity contribution < 1.29 is 14.6 Å². The first kappa shape index (κ1) is 17.8. The molecule has 0 spiro atoms. The van der Waals surface area contributed by atoms with E-state index in [-0.39, 0.29) is 19.1 Å². The standard InChI is InChI=1S/C19H24N2O3/c1-20(2)17-9-6-8-15(13-17)19(23)21(11-12-22)14-16-7-4-5-10-18(16)24-3/h4-10,13,22H,11-12,14H2,1-3H3. The van der Waals surface area contributed by atoms with E-state index in [2.05, 4.69) is 0 Å². The van der Waals surface area contributed by atoms with Crippen molar-refractivity contribution in [2.24, 2.45) is 0 Å². The highest BCUT2D eigenvalue weighted by Crippen LogP contribution is 2.21. The number of nitrogens with zero attached hydrogens (tertiary/aromatic N) is 2. The molecule has 0 unspecified atom stereocenters. The van der Waals surface area contributed by atoms with Crippen molar-refractivity contribution in [3.05, 3.63) is 59.7 Å². The van der Waals surface area contributed by atoms with E-state index in [1.54, 1.807) is 18.1 Å². The van der Waals surface area contributed by atoms with Gasteiger partial charge in [0.25, 0.3) is 5.91 Å². The Morgan fingerprint density at radius 3 is 2.54 bits per heavy atom. The number of rotatable bonds is 7. The molecule has 5 heteroatoms. The van der Waals surface area contributed by atoms with Gasteiger partial charge in [-0.3, -0.25) is 4.79 Å². The van der Waals surface area contributed by atoms with Gasteiger partial charge in [0, 0.05) is 44.0 Å². The zero-order chi connectivity index (χ0) is 17.5. The number of hydrogen-bond donors (Lipinski definition) is 1. The number of anilines is 1. The van der Waals surface area contributed by atoms with Crippen molar-refractivity contribution in [1.82, 2.24) is 4.90 Å². The lowest BCUT2D eigenvalue weighted by atomic mass is 10.1. The van der Waals surface area contributed by atoms with Crippen LogP contribution in [-0.2, 0) is 6.54 Å². The van der Waals surface area contributed by atoms with Gasteiger partial charge in [-0.05, 0) is 24.3 Å². The maximum Gasteiger partial charge on any atom is 0.254 e. The Labute approximate surface area is 143 Å². The van der Waals surface area contributed by atoms with Crippen molar-refractivity contribution in [1.29, 1.82) is 0 Å². The van der Waals surface area contributed by atoms with E-state index in [0.29, 0.717) is 12.1 Å². The van der Waals surface area contributed by atoms with Crippen molar-refractivity contribution in [2.45, 2.75) is 6.54 Å². The molecule has 0 aliphatic rings. The van der Waals surface area contributed by atoms with Crippen molar-refractivity contribution in [3.8, 4) is 5.75 Å². The summed E-state index contributed by atoms with van der Waals surface area (Å²) < 4.78 is 5.35. The highest BCUT2D eigenvalue weighted by molar-refractivity contribution is 5.95. The van der Waals surface area contributed by atoms with Crippen LogP contribution in [0.15, 0.2) is 48.5 Å². The van der Waals surface area contributed by atoms with E-state index < -0.39 is 0 Å². The molecule has 1 amide bonds. The summed E-state index contributed by atoms with van der Waals surface area (Å²) in [5, 5.41) is 9.35. The van der Waals surface area contributed by atoms with Gasteiger partial charge in [0.1, 0.15) is 5.75 Å². The van der Waals surface area contributed by atoms with Crippen LogP contribution >= 0.6 is 0 Å². The van der Waals surface area contributed by atoms with E-state index in [9.17, 15) is 9.90 Å². The molecule has 0 bridgehead atoms. The zero-order valence-electron chi connectivity index (χ0n) is 14.4. The van der Waals surface area contributed by atoms with Crippen LogP contribution in [0.4, 0.5) is 5.69 Å². The number of amides is 1. The Morgan fingerprint density at radius 1 is 1.12 bits per heavy atom. The number of aliphatic hydroxyl groups excluding tert-OH is 1. The molecule has 0 saturated carbocycles. The van der Waals surface area contributed by atoms with Crippen LogP contribution in [0.5, 0.6) is 5.75 Å². The van der Waals surface area contributed by atoms with Crippen LogP contribution in [-0.4, -0.2) is 50.3 Å². The molecule has 1 N–H and O–H groups in total. The molecule has 0 fully saturated rings. The summed E-state index contributed by atoms with van der Waals surface area (Å²) in [6, 6.07) is 15.1. The van der Waals surface area contributed by atoms with Crippen LogP contribution in [0.2, 0.25) is 0 Å². The number of aliphatic hydroxyl groups is 1. The molecule has 24 heavy (non-hydrogen) atoms. The third-order valence-corrected chi connectivity index (χ3v) is 3.82. The summed E-state index contributed by atoms with van der Waals surface area (Å²) in [7, 11) is 5.48. The molecule has 0 saturated heterocycles. The fourth-order valence-electron chi connectivity index (χ4n) is 2.51. The maximum atomic E-state index is 12.9. The predicted octanol–water partition coefficient (Wildman–Crippen LogP) is 2.40. The first-order valence-corrected chi connectivity index (χ1v) is 7.86. The summed E-state index contributed by atoms with van der Waals surface area (Å²) in [6.07, 6.45) is 0. The van der Waals surface area contributed by atoms with Gasteiger partial charge < -0.3 is 19.6 Å². The first-order chi connectivity index (χ1) is 11.6. The summed E-state index contributed by atoms with van der Waals surface area (Å²) >= 11 is 0. The lowest BCUT2D eigenvalue weighted by molar-refractivity contribution is 0.0706. The molecule has 5 nitrogen and oxygen atoms in total. The number of methoxy groups -OCH3 is 1. The number of benzene rings is 2. The minimum Gasteiger partial charge on any atom is -0.496 e. The Balaban J connectivity index is 2.26. The molecule has 2 rings (SSSR count). The van der Waals surface area contributed by atoms with Gasteiger partial charge in [0.05, 0.1) is 13.7 Å². The SMILES string of the molecule is COc1ccccc1CN(CCO)C(=O)c1cccc(N(C)C)c1. The third-order valence-electron chi connectivity index (χ3n) is 3.82. The molecular weight excluding hydrogens is 304 g/mol. The van der Waals surface area contributed by atoms with Gasteiger partial charge in [-0.25, -0.2) is 0 Å². The number of para-hydroxylation sites is 1. The van der Waals surface area contributed by atoms with Gasteiger partial charge >= 0.3 is 0 Å². The molecule has 0 heterocycles. The zero-order valence-corrected chi connectivity index (χ0v) is 14.4. The second kappa shape index (κ2) is 8.36. The number of carbonyl (C=O) groups is 1. The van der Waals surface area contributed by atoms with Crippen LogP contribution in [0.1, 0.15) is 15.9 Å². The van der Waals surface area contributed by atoms with Gasteiger partial charge in [-0.1, -0.05) is 24.3 Å². The van der Waals surface area contributed by atoms with E-state index >= 15 is 0 Å². The highest BCUT2D eigenvalue weighted by Gasteiger charge is 2.18. The quantitative estimate of drug-likeness (QED) is 0.848. The minimum absolute atomic E-state index is 0.0890. The van der Waals surface area contributed by atoms with Crippen LogP contribution < -0.4 is 9.64 Å². The molecule has 128 valence electrons. The lowest BCUT2D eigenvalue weighted by Crippen LogP contribution is -2.33. The number of hydrogen-bond acceptors (Lipinski definition) is 4. The van der Waals surface area contributed by atoms with Gasteiger partial charge in [0.2, 0.25) is 0 Å². The molecule has 2 aromatic carbocycles. The second-order valence-corrected chi connectivity index (χ2v) is 5.71. The lowest BCUT2D eigenvalue weighted by Gasteiger charge is -2.23. The van der Waals surface area contributed by atoms with Gasteiger partial charge in [0.15, 0.2) is 0 Å². The van der Waals surface area contributed by atoms with Crippen molar-refractivity contribution >= 4 is 11.6 Å². The Bertz CT molecular complexity index is 686. The van der Waals surface area contributed by atoms with Crippen LogP contribution in [0.25, 0.3) is 0 Å². The predicted molar refractivity (Wildman–Crippen MR) is 95.6 cm³/mol. The van der Waals surface area contributed by atoms with E-state index in [0.717, 1.165) is 17.0 Å². The average molecular weight is 328 g/mol. The van der Waals surface area contributed by atoms with E-state index in [4.69, 9.17) is 4.74 Å². The number of ether oxygens (including phenoxy) is 1. The summed E-state index contributed by atoms with van der Waals surface area (Å²) in [4.78, 5) is 16.5. The molecular formula is C19H24N2O3. The minimum atomic E-state index is -0.112. The first-order valence-electron chi connectivity index (χ1n) is 7.86. The van der Waals surface area contributed by atoms with E-state index in [1.807, 2.05) is 61.5 Å². The summed E-state index contributed by atoms with van der Waals surface area (Å²) in [5.41, 5.74) is 2.47. The maximum absolute atomic E-state index is 12.9. The fourth-order valence-corrected chi connectivity index (χ4v) is 2.51. The largest absolute Gasteiger partial charge is 0.496 e. The normalized spacial score (nSPS) is 10.3. The highest BCUT2D eigenvalue weighted by atomic mass is 16.5. The molecule has 0 radical (unpaired) electrons. The second-order valence-electron chi connectivity index (χ2n) is 5.71. The third kappa shape index (κ3) is 4.26. The van der Waals surface area contributed by atoms with Gasteiger partial charge in [-0.15, -0.1) is 0 Å². The monoisotopic (exact) mass is 328 g/mol. The Morgan fingerprint density at radius 2 is 1.88 bits per heavy atom. The molecule has 0 aromatic heterocycles. The van der Waals surface area contributed by atoms with Gasteiger partial charge in [-0.2, -0.15) is 0 Å². The smallest absolute Gasteiger partial charge is 0.254 e. The summed E-state index contributed by atoms with van der Waals surface area (Å²) in [5.74, 6) is 0.619. The Kier molecular flexibility index (Phi) is 6.21. The van der Waals surface area contributed by atoms with Crippen LogP contribution in [0.3, 0.4) is 0 Å². The fraction of sp³-hybridized carbons (Fsp3) is 0.316. The average Bonchev–Trinajstić information content (AvgIpc) is 2.61.